The van der Waals surface area contributed by atoms with Crippen LogP contribution in [0.5, 0.6) is 0 Å². The van der Waals surface area contributed by atoms with Crippen molar-refractivity contribution in [3.8, 4) is 0 Å². The Bertz CT molecular complexity index is 747. The molecule has 0 aromatic rings. The van der Waals surface area contributed by atoms with Crippen LogP contribution in [-0.4, -0.2) is 118 Å². The average molecular weight is 1480 g/mol. The van der Waals surface area contributed by atoms with Crippen molar-refractivity contribution < 1.29 is 471 Å². The van der Waals surface area contributed by atoms with Gasteiger partial charge in [0.1, 0.15) is 0 Å². The van der Waals surface area contributed by atoms with Crippen LogP contribution in [0.2, 0.25) is 0 Å². The average Bonchev–Trinajstić information content (AvgIpc) is 3.00. The number of hydrogen-bond donors (Lipinski definition) is 5. The van der Waals surface area contributed by atoms with Crippen LogP contribution in [0, 0.1) is 105 Å². The predicted octanol–water partition coefficient (Wildman–Crippen LogP) is -13.8. The van der Waals surface area contributed by atoms with Gasteiger partial charge in [0, 0.05) is 0 Å². The molecule has 0 radical (unpaired) electrons. The molecule has 5 fully saturated rings. The molecule has 0 spiro atoms. The first kappa shape index (κ1) is 111. The van der Waals surface area contributed by atoms with Crippen LogP contribution in [0.4, 0.5) is 0 Å². The second-order valence-electron chi connectivity index (χ2n) is 14.4. The largest absolute Gasteiger partial charge is 1.00 e. The summed E-state index contributed by atoms with van der Waals surface area (Å²) in [6.45, 7) is 31.1. The van der Waals surface area contributed by atoms with E-state index in [1.54, 1.807) is 58.8 Å². The normalized spacial score (nSPS) is 36.9. The number of aliphatic hydroxyl groups is 5. The van der Waals surface area contributed by atoms with E-state index in [0.717, 1.165) is 11.5 Å². The molecule has 18 atom stereocenters. The molecule has 5 aliphatic rings. The van der Waals surface area contributed by atoms with Crippen LogP contribution < -0.4 is 407 Å². The molecule has 12 nitrogen and oxygen atoms in total. The van der Waals surface area contributed by atoms with Crippen LogP contribution in [0.25, 0.3) is 0 Å². The molecule has 0 bridgehead atoms. The molecule has 5 saturated heterocycles. The molecule has 12 N–H and O–H groups in total. The quantitative estimate of drug-likeness (QED) is 0.141. The van der Waals surface area contributed by atoms with Gasteiger partial charge < -0.3 is 110 Å². The molecular weight excluding hydrogens is 1410 g/mol. The SMILES string of the molecule is C[C@@H]1[CH-]CSC(O)[C@H]1C.C[C@@H]1[CH-][C@H](C)SC(O)[C@H]1C.C[C@H]1[CH-]CSC(O)[C@@H]1C.[CH2-][C@@H]1[CH-][C@H](C)[C@@H](C)C(O)S1.[CH2-][C@@H]1[CH-][C@H](C)[C@H](C)C(O)S1.[OH-].[OH-].[OH-].[OH-].[OH-].[OH-].[OH-].[Rb+].[Rb+].[Rb+].[Rb+].[Rb+].[Rb+].[Rb+]. The molecule has 344 valence electrons. The Morgan fingerprint density at radius 1 is 0.355 bits per heavy atom. The number of thioether (sulfide) groups is 5. The molecule has 0 saturated carbocycles. The fourth-order valence-electron chi connectivity index (χ4n) is 5.36. The minimum absolute atomic E-state index is 0. The van der Waals surface area contributed by atoms with E-state index in [1.807, 2.05) is 0 Å². The minimum Gasteiger partial charge on any atom is -0.870 e. The van der Waals surface area contributed by atoms with Crippen molar-refractivity contribution in [1.82, 2.24) is 0 Å². The van der Waals surface area contributed by atoms with Crippen molar-refractivity contribution in [3.63, 3.8) is 0 Å². The molecule has 0 aliphatic carbocycles. The Morgan fingerprint density at radius 2 is 0.581 bits per heavy atom. The maximum Gasteiger partial charge on any atom is 1.00 e. The Kier molecular flexibility index (Phi) is 115. The van der Waals surface area contributed by atoms with Crippen LogP contribution in [0.3, 0.4) is 0 Å². The Morgan fingerprint density at radius 3 is 0.790 bits per heavy atom. The second kappa shape index (κ2) is 64.1. The molecule has 5 unspecified atom stereocenters. The van der Waals surface area contributed by atoms with Crippen LogP contribution >= 0.6 is 58.8 Å². The standard InChI is InChI=1S/C8H15OS.2C8H14OS.2C7H13OS.7H2O.7Rb/c3*1-5-4-6(2)10-8(9)7(5)3;2*1-5-3-4-9-7(8)6(5)2;;;;;;;;;;;;;;/h4-9H,1-3H3;2*4-9H,2H2,1,3H3;2*3,5-8H,4H2,1-2H3;7*1H2;;;;;;;/q-1;2*-2;2*-1;;;;;;;;7*+1/p-7/t2*5-,6+,7+,8?;5-,6+,7-,8?;2*5-,6+,7?;;;;;;;;;;;;;;/m10010............../s1. The van der Waals surface area contributed by atoms with E-state index in [9.17, 15) is 25.5 Å². The van der Waals surface area contributed by atoms with Crippen LogP contribution in [0.1, 0.15) is 76.2 Å². The molecule has 0 aromatic carbocycles. The summed E-state index contributed by atoms with van der Waals surface area (Å²) in [6.07, 6.45) is 11.2. The number of rotatable bonds is 0. The molecule has 5 heterocycles. The summed E-state index contributed by atoms with van der Waals surface area (Å²) in [6, 6.07) is 0. The van der Waals surface area contributed by atoms with Gasteiger partial charge in [-0.25, -0.2) is 10.5 Å². The van der Waals surface area contributed by atoms with E-state index in [0.29, 0.717) is 64.4 Å². The first-order chi connectivity index (χ1) is 22.3. The van der Waals surface area contributed by atoms with Gasteiger partial charge >= 0.3 is 407 Å². The first-order valence-corrected chi connectivity index (χ1v) is 22.7. The van der Waals surface area contributed by atoms with E-state index in [4.69, 9.17) is 0 Å². The second-order valence-corrected chi connectivity index (χ2v) is 21.0. The Balaban J connectivity index is -0.0000000367. The van der Waals surface area contributed by atoms with E-state index in [2.05, 4.69) is 122 Å². The minimum atomic E-state index is -0.220. The summed E-state index contributed by atoms with van der Waals surface area (Å²) < 4.78 is 0. The first-order valence-electron chi connectivity index (χ1n) is 17.7. The summed E-state index contributed by atoms with van der Waals surface area (Å²) >= 11 is 8.00. The van der Waals surface area contributed by atoms with Crippen LogP contribution in [0.15, 0.2) is 0 Å². The maximum atomic E-state index is 9.46. The molecule has 24 heteroatoms. The van der Waals surface area contributed by atoms with Gasteiger partial charge in [0.25, 0.3) is 0 Å². The summed E-state index contributed by atoms with van der Waals surface area (Å²) in [4.78, 5) is 0. The number of aliphatic hydroxyl groups excluding tert-OH is 5. The smallest absolute Gasteiger partial charge is 0.870 e. The Hall–Kier alpha value is 13.9. The van der Waals surface area contributed by atoms with Gasteiger partial charge in [0.15, 0.2) is 0 Å². The fourth-order valence-corrected chi connectivity index (χ4v) is 11.3. The van der Waals surface area contributed by atoms with Gasteiger partial charge in [-0.05, 0) is 29.6 Å². The van der Waals surface area contributed by atoms with Crippen LogP contribution in [-0.2, 0) is 0 Å². The summed E-state index contributed by atoms with van der Waals surface area (Å²) in [7, 11) is 0. The maximum absolute atomic E-state index is 9.46. The van der Waals surface area contributed by atoms with Crippen molar-refractivity contribution in [2.75, 3.05) is 11.5 Å². The molecular formula is C38H76O12Rb7S5-7. The third-order valence-corrected chi connectivity index (χ3v) is 16.5. The molecule has 62 heavy (non-hydrogen) atoms. The number of hydrogen-bond acceptors (Lipinski definition) is 17. The van der Waals surface area contributed by atoms with E-state index in [-0.39, 0.29) is 483 Å². The van der Waals surface area contributed by atoms with Crippen molar-refractivity contribution in [1.29, 1.82) is 0 Å². The topological polar surface area (TPSA) is 311 Å². The zero-order chi connectivity index (χ0) is 36.9. The van der Waals surface area contributed by atoms with Crippen molar-refractivity contribution in [3.05, 3.63) is 46.0 Å². The molecule has 0 aromatic heterocycles. The third-order valence-electron chi connectivity index (χ3n) is 10.5. The Labute approximate surface area is 743 Å². The van der Waals surface area contributed by atoms with Gasteiger partial charge in [-0.1, -0.05) is 76.2 Å². The zero-order valence-corrected chi connectivity index (χ0v) is 80.0. The monoisotopic (exact) mass is 1480 g/mol. The van der Waals surface area contributed by atoms with Gasteiger partial charge in [0.2, 0.25) is 0 Å². The fraction of sp³-hybridized carbons (Fsp3) is 0.816. The third kappa shape index (κ3) is 48.6. The molecule has 0 amide bonds. The van der Waals surface area contributed by atoms with Crippen molar-refractivity contribution in [2.45, 2.75) is 119 Å². The van der Waals surface area contributed by atoms with E-state index in [1.165, 1.54) is 0 Å². The van der Waals surface area contributed by atoms with Gasteiger partial charge in [-0.3, -0.25) is 0 Å². The zero-order valence-electron chi connectivity index (χ0n) is 41.5. The summed E-state index contributed by atoms with van der Waals surface area (Å²) in [5.74, 6) is 6.78. The summed E-state index contributed by atoms with van der Waals surface area (Å²) in [5, 5.41) is 47.9. The van der Waals surface area contributed by atoms with Crippen molar-refractivity contribution >= 4 is 58.8 Å². The molecule has 5 aliphatic heterocycles. The summed E-state index contributed by atoms with van der Waals surface area (Å²) in [5.41, 5.74) is -0.866. The van der Waals surface area contributed by atoms with Gasteiger partial charge in [-0.2, -0.15) is 88.4 Å². The van der Waals surface area contributed by atoms with Crippen molar-refractivity contribution in [2.24, 2.45) is 59.2 Å². The molecule has 5 rings (SSSR count). The van der Waals surface area contributed by atoms with Gasteiger partial charge in [0.05, 0.1) is 27.2 Å². The predicted molar refractivity (Wildman–Crippen MR) is 232 cm³/mol. The van der Waals surface area contributed by atoms with E-state index < -0.39 is 0 Å². The van der Waals surface area contributed by atoms with E-state index >= 15 is 0 Å². The van der Waals surface area contributed by atoms with Gasteiger partial charge in [-0.15, -0.1) is 16.8 Å².